The van der Waals surface area contributed by atoms with Crippen molar-refractivity contribution in [1.29, 1.82) is 0 Å². The highest BCUT2D eigenvalue weighted by Crippen LogP contribution is 2.85. The molecule has 0 spiro atoms. The molecule has 0 saturated heterocycles. The lowest BCUT2D eigenvalue weighted by atomic mass is 9.85. The van der Waals surface area contributed by atoms with E-state index in [0.717, 1.165) is 12.5 Å². The van der Waals surface area contributed by atoms with E-state index in [1.807, 2.05) is 31.2 Å². The first kappa shape index (κ1) is 19.8. The van der Waals surface area contributed by atoms with Crippen LogP contribution in [0.4, 0.5) is 0 Å². The van der Waals surface area contributed by atoms with E-state index >= 15 is 0 Å². The summed E-state index contributed by atoms with van der Waals surface area (Å²) in [5.74, 6) is 0.243. The van der Waals surface area contributed by atoms with Crippen molar-refractivity contribution in [2.45, 2.75) is 63.3 Å². The molecule has 2 unspecified atom stereocenters. The van der Waals surface area contributed by atoms with Gasteiger partial charge in [-0.1, -0.05) is 63.3 Å². The van der Waals surface area contributed by atoms with Gasteiger partial charge in [0.2, 0.25) is 0 Å². The SMILES string of the molecule is C=CC[Si](C)(C)[C@]12C(C[C@H](O)[C@H](C)[C@H]1O)C2(C)COCc1ccccc1. The maximum Gasteiger partial charge on any atom is 0.0717 e. The van der Waals surface area contributed by atoms with Gasteiger partial charge >= 0.3 is 0 Å². The summed E-state index contributed by atoms with van der Waals surface area (Å²) in [6.07, 6.45) is 1.90. The molecule has 1 aromatic rings. The number of benzene rings is 1. The van der Waals surface area contributed by atoms with Gasteiger partial charge in [-0.15, -0.1) is 6.58 Å². The Morgan fingerprint density at radius 3 is 2.54 bits per heavy atom. The minimum Gasteiger partial charge on any atom is -0.393 e. The summed E-state index contributed by atoms with van der Waals surface area (Å²) in [6, 6.07) is 11.2. The fourth-order valence-corrected chi connectivity index (χ4v) is 11.5. The van der Waals surface area contributed by atoms with Gasteiger partial charge in [0.1, 0.15) is 0 Å². The Morgan fingerprint density at radius 2 is 1.92 bits per heavy atom. The second-order valence-corrected chi connectivity index (χ2v) is 14.3. The first-order chi connectivity index (χ1) is 12.2. The maximum atomic E-state index is 11.3. The molecule has 3 nitrogen and oxygen atoms in total. The molecular formula is C22H34O3Si. The van der Waals surface area contributed by atoms with Crippen LogP contribution in [0.2, 0.25) is 24.2 Å². The van der Waals surface area contributed by atoms with Crippen molar-refractivity contribution in [3.63, 3.8) is 0 Å². The molecule has 2 saturated carbocycles. The maximum absolute atomic E-state index is 11.3. The Hall–Kier alpha value is -0.943. The molecular weight excluding hydrogens is 340 g/mol. The average Bonchev–Trinajstić information content (AvgIpc) is 3.14. The molecule has 0 radical (unpaired) electrons. The van der Waals surface area contributed by atoms with E-state index in [4.69, 9.17) is 4.74 Å². The van der Waals surface area contributed by atoms with E-state index in [-0.39, 0.29) is 16.4 Å². The van der Waals surface area contributed by atoms with Gasteiger partial charge in [-0.05, 0) is 23.9 Å². The van der Waals surface area contributed by atoms with Gasteiger partial charge in [0.05, 0.1) is 33.5 Å². The summed E-state index contributed by atoms with van der Waals surface area (Å²) in [4.78, 5) is 0. The molecule has 2 aliphatic carbocycles. The number of aliphatic hydroxyl groups is 2. The highest BCUT2D eigenvalue weighted by molar-refractivity contribution is 6.82. The van der Waals surface area contributed by atoms with Crippen LogP contribution in [0.3, 0.4) is 0 Å². The number of rotatable bonds is 7. The van der Waals surface area contributed by atoms with Crippen LogP contribution in [-0.4, -0.2) is 37.1 Å². The van der Waals surface area contributed by atoms with Crippen LogP contribution in [0.15, 0.2) is 43.0 Å². The molecule has 0 bridgehead atoms. The van der Waals surface area contributed by atoms with Gasteiger partial charge in [-0.25, -0.2) is 0 Å². The van der Waals surface area contributed by atoms with E-state index in [2.05, 4.69) is 38.7 Å². The van der Waals surface area contributed by atoms with E-state index in [0.29, 0.717) is 19.1 Å². The number of hydrogen-bond acceptors (Lipinski definition) is 3. The molecule has 1 aromatic carbocycles. The third-order valence-electron chi connectivity index (χ3n) is 7.52. The lowest BCUT2D eigenvalue weighted by Crippen LogP contribution is -2.51. The molecule has 2 N–H and O–H groups in total. The predicted molar refractivity (Wildman–Crippen MR) is 109 cm³/mol. The van der Waals surface area contributed by atoms with Crippen molar-refractivity contribution >= 4 is 8.07 Å². The molecule has 0 aromatic heterocycles. The van der Waals surface area contributed by atoms with Crippen molar-refractivity contribution in [2.24, 2.45) is 17.3 Å². The zero-order valence-corrected chi connectivity index (χ0v) is 17.6. The molecule has 2 fully saturated rings. The molecule has 4 heteroatoms. The normalized spacial score (nSPS) is 39.3. The number of allylic oxidation sites excluding steroid dienone is 1. The summed E-state index contributed by atoms with van der Waals surface area (Å²) in [6.45, 7) is 14.2. The molecule has 6 atom stereocenters. The summed E-state index contributed by atoms with van der Waals surface area (Å²) in [5, 5.41) is 21.7. The van der Waals surface area contributed by atoms with Crippen molar-refractivity contribution in [3.05, 3.63) is 48.6 Å². The van der Waals surface area contributed by atoms with Crippen LogP contribution < -0.4 is 0 Å². The van der Waals surface area contributed by atoms with E-state index in [1.54, 1.807) is 0 Å². The first-order valence-corrected chi connectivity index (χ1v) is 13.0. The zero-order valence-electron chi connectivity index (χ0n) is 16.6. The number of ether oxygens (including phenoxy) is 1. The Bertz CT molecular complexity index is 646. The van der Waals surface area contributed by atoms with Crippen LogP contribution in [0.1, 0.15) is 25.8 Å². The van der Waals surface area contributed by atoms with Crippen LogP contribution >= 0.6 is 0 Å². The standard InChI is InChI=1S/C22H34O3Si/c1-6-12-26(4,5)22-19(13-18(23)16(2)20(22)24)21(22,3)15-25-14-17-10-8-7-9-11-17/h6-11,16,18-20,23-24H,1,12-15H2,2-5H3/t16-,18-,19?,20+,21?,22+/m0/s1. The Labute approximate surface area is 159 Å². The lowest BCUT2D eigenvalue weighted by molar-refractivity contribution is -0.0211. The molecule has 0 heterocycles. The van der Waals surface area contributed by atoms with Crippen LogP contribution in [-0.2, 0) is 11.3 Å². The molecule has 0 aliphatic heterocycles. The van der Waals surface area contributed by atoms with Crippen LogP contribution in [0.5, 0.6) is 0 Å². The van der Waals surface area contributed by atoms with Gasteiger partial charge in [-0.2, -0.15) is 0 Å². The Balaban J connectivity index is 1.84. The zero-order chi connectivity index (χ0) is 19.2. The fourth-order valence-electron chi connectivity index (χ4n) is 6.23. The summed E-state index contributed by atoms with van der Waals surface area (Å²) in [5.41, 5.74) is 1.09. The summed E-state index contributed by atoms with van der Waals surface area (Å²) >= 11 is 0. The number of fused-ring (bicyclic) bond motifs is 1. The average molecular weight is 375 g/mol. The second kappa shape index (κ2) is 6.90. The van der Waals surface area contributed by atoms with E-state index in [1.165, 1.54) is 5.56 Å². The Kier molecular flexibility index (Phi) is 5.26. The minimum atomic E-state index is -1.81. The fraction of sp³-hybridized carbons (Fsp3) is 0.636. The number of hydrogen-bond donors (Lipinski definition) is 2. The molecule has 144 valence electrons. The van der Waals surface area contributed by atoms with E-state index < -0.39 is 20.3 Å². The summed E-state index contributed by atoms with van der Waals surface area (Å²) < 4.78 is 6.16. The third kappa shape index (κ3) is 2.73. The lowest BCUT2D eigenvalue weighted by Gasteiger charge is -2.45. The van der Waals surface area contributed by atoms with Gasteiger partial charge in [0.25, 0.3) is 0 Å². The van der Waals surface area contributed by atoms with Crippen molar-refractivity contribution < 1.29 is 14.9 Å². The largest absolute Gasteiger partial charge is 0.393 e. The Morgan fingerprint density at radius 1 is 1.27 bits per heavy atom. The van der Waals surface area contributed by atoms with Crippen molar-refractivity contribution in [1.82, 2.24) is 0 Å². The topological polar surface area (TPSA) is 49.7 Å². The smallest absolute Gasteiger partial charge is 0.0717 e. The highest BCUT2D eigenvalue weighted by Gasteiger charge is 2.83. The predicted octanol–water partition coefficient (Wildman–Crippen LogP) is 4.24. The first-order valence-electron chi connectivity index (χ1n) is 9.81. The van der Waals surface area contributed by atoms with Crippen LogP contribution in [0.25, 0.3) is 0 Å². The summed E-state index contributed by atoms with van der Waals surface area (Å²) in [7, 11) is -1.81. The number of aliphatic hydroxyl groups excluding tert-OH is 2. The quantitative estimate of drug-likeness (QED) is 0.554. The molecule has 26 heavy (non-hydrogen) atoms. The molecule has 2 aliphatic rings. The highest BCUT2D eigenvalue weighted by atomic mass is 28.3. The monoisotopic (exact) mass is 374 g/mol. The van der Waals surface area contributed by atoms with Gasteiger partial charge in [-0.3, -0.25) is 0 Å². The van der Waals surface area contributed by atoms with E-state index in [9.17, 15) is 10.2 Å². The molecule has 3 rings (SSSR count). The second-order valence-electron chi connectivity index (χ2n) is 9.30. The van der Waals surface area contributed by atoms with Gasteiger partial charge in [0, 0.05) is 16.4 Å². The van der Waals surface area contributed by atoms with Gasteiger partial charge in [0.15, 0.2) is 0 Å². The molecule has 0 amide bonds. The van der Waals surface area contributed by atoms with Crippen molar-refractivity contribution in [2.75, 3.05) is 6.61 Å². The minimum absolute atomic E-state index is 0.0777. The van der Waals surface area contributed by atoms with Crippen LogP contribution in [0, 0.1) is 17.3 Å². The third-order valence-corrected chi connectivity index (χ3v) is 12.3. The van der Waals surface area contributed by atoms with Crippen molar-refractivity contribution in [3.8, 4) is 0 Å². The van der Waals surface area contributed by atoms with Gasteiger partial charge < -0.3 is 14.9 Å².